The summed E-state index contributed by atoms with van der Waals surface area (Å²) in [4.78, 5) is 4.53. The number of ether oxygens (including phenoxy) is 2. The van der Waals surface area contributed by atoms with Gasteiger partial charge in [-0.25, -0.2) is 4.98 Å². The second-order valence-electron chi connectivity index (χ2n) is 40.1. The first-order valence-electron chi connectivity index (χ1n) is 49.9. The van der Waals surface area contributed by atoms with E-state index >= 15 is 0 Å². The van der Waals surface area contributed by atoms with E-state index in [0.29, 0.717) is 5.92 Å². The molecule has 0 unspecified atom stereocenters. The number of nitrogens with one attached hydrogen (secondary N) is 5. The van der Waals surface area contributed by atoms with E-state index < -0.39 is 0 Å². The lowest BCUT2D eigenvalue weighted by molar-refractivity contribution is 0.0968. The molecule has 15 rings (SSSR count). The third kappa shape index (κ3) is 158. The van der Waals surface area contributed by atoms with Gasteiger partial charge in [-0.2, -0.15) is 8.75 Å². The first-order chi connectivity index (χ1) is 57.3. The quantitative estimate of drug-likeness (QED) is 0.109. The molecule has 4 saturated carbocycles. The number of hydrogen-bond acceptors (Lipinski definition) is 13. The molecule has 4 aliphatic carbocycles. The summed E-state index contributed by atoms with van der Waals surface area (Å²) in [6, 6.07) is 24.6. The molecule has 9 fully saturated rings. The number of morpholine rings is 1. The molecule has 0 spiro atoms. The highest BCUT2D eigenvalue weighted by Gasteiger charge is 2.06. The predicted octanol–water partition coefficient (Wildman–Crippen LogP) is 34.4. The summed E-state index contributed by atoms with van der Waals surface area (Å²) in [5, 5.41) is 21.9. The normalized spacial score (nSPS) is 15.2. The molecule has 0 atom stereocenters. The highest BCUT2D eigenvalue weighted by Crippen LogP contribution is 2.27. The summed E-state index contributed by atoms with van der Waals surface area (Å²) < 4.78 is 20.8. The number of hydrogen-bond donors (Lipinski definition) is 5. The van der Waals surface area contributed by atoms with Crippen molar-refractivity contribution in [1.82, 2.24) is 40.3 Å². The molecule has 8 heterocycles. The number of para-hydroxylation sites is 1. The van der Waals surface area contributed by atoms with Gasteiger partial charge in [0, 0.05) is 80.7 Å². The lowest BCUT2D eigenvalue weighted by Crippen LogP contribution is -2.39. The van der Waals surface area contributed by atoms with Crippen LogP contribution in [0.4, 0.5) is 0 Å². The number of aromatic nitrogens is 3. The van der Waals surface area contributed by atoms with E-state index in [-0.39, 0.29) is 0 Å². The van der Waals surface area contributed by atoms with Crippen LogP contribution >= 0.6 is 34.4 Å². The van der Waals surface area contributed by atoms with Crippen LogP contribution in [-0.4, -0.2) is 106 Å². The molecule has 10 nitrogen and oxygen atoms in total. The maximum absolute atomic E-state index is 5.07. The molecule has 3 aromatic carbocycles. The highest BCUT2D eigenvalue weighted by atomic mass is 32.1. The number of nitrogens with zero attached hydrogens (tertiary/aromatic N) is 3. The number of benzene rings is 3. The molecule has 9 aliphatic rings. The van der Waals surface area contributed by atoms with Gasteiger partial charge in [0.1, 0.15) is 0 Å². The monoisotopic (exact) mass is 1750 g/mol. The lowest BCUT2D eigenvalue weighted by Gasteiger charge is -2.11. The Balaban J connectivity index is -0.000000186. The van der Waals surface area contributed by atoms with Crippen LogP contribution in [0.3, 0.4) is 0 Å². The number of thiazole rings is 1. The number of rotatable bonds is 1. The van der Waals surface area contributed by atoms with Gasteiger partial charge in [-0.05, 0) is 184 Å². The van der Waals surface area contributed by atoms with Gasteiger partial charge in [0.2, 0.25) is 0 Å². The average molecular weight is 1760 g/mol. The third-order valence-corrected chi connectivity index (χ3v) is 16.3. The van der Waals surface area contributed by atoms with Crippen molar-refractivity contribution in [3.8, 4) is 0 Å². The van der Waals surface area contributed by atoms with Crippen molar-refractivity contribution in [2.75, 3.05) is 91.9 Å². The first-order valence-corrected chi connectivity index (χ1v) is 52.3. The molecule has 6 aromatic rings. The van der Waals surface area contributed by atoms with Crippen LogP contribution in [0.2, 0.25) is 0 Å². The number of piperazine rings is 1. The molecule has 0 radical (unpaired) electrons. The SMILES string of the molecule is C1CC1.C1CCC1.C1CCCC1.C1CCCCC1.C1CCNC1.C1CCNCC1.C1CCOCC1.C1CNCCN1.C1COCCN1.CC(C)C.CC(C)C.CC(C)C.CC(C)C.CC(C)C.CC(C)C.CC(C)C.CC(C)C.CC(C)C.CC(C)C.CC(C)C.CC(C)c1nc2ccccc2s1.c1ccc2nscc2c1.c1ccc2sncc2c1. The van der Waals surface area contributed by atoms with E-state index in [1.54, 1.807) is 11.3 Å². The number of fused-ring (bicyclic) bond motifs is 3. The molecule has 3 aromatic heterocycles. The largest absolute Gasteiger partial charge is 0.381 e. The molecule has 0 amide bonds. The van der Waals surface area contributed by atoms with Gasteiger partial charge in [0.25, 0.3) is 0 Å². The van der Waals surface area contributed by atoms with Gasteiger partial charge in [-0.3, -0.25) is 0 Å². The van der Waals surface area contributed by atoms with Crippen molar-refractivity contribution in [2.45, 2.75) is 415 Å². The highest BCUT2D eigenvalue weighted by molar-refractivity contribution is 7.18. The fourth-order valence-electron chi connectivity index (χ4n) is 8.19. The van der Waals surface area contributed by atoms with Gasteiger partial charge < -0.3 is 36.1 Å². The summed E-state index contributed by atoms with van der Waals surface area (Å²) in [7, 11) is 0. The van der Waals surface area contributed by atoms with Crippen molar-refractivity contribution in [1.29, 1.82) is 0 Å². The summed E-state index contributed by atoms with van der Waals surface area (Å²) in [5.41, 5.74) is 2.23. The van der Waals surface area contributed by atoms with Crippen LogP contribution in [0, 0.1) is 65.1 Å². The van der Waals surface area contributed by atoms with Gasteiger partial charge >= 0.3 is 0 Å². The van der Waals surface area contributed by atoms with E-state index in [4.69, 9.17) is 9.47 Å². The Morgan fingerprint density at radius 2 is 0.504 bits per heavy atom. The minimum atomic E-state index is 0.544. The van der Waals surface area contributed by atoms with Gasteiger partial charge in [0.15, 0.2) is 0 Å². The smallest absolute Gasteiger partial charge is 0.0963 e. The molecule has 0 bridgehead atoms. The standard InChI is InChI=1S/C10H11NS.2C7H5NS.C6H12.C5H11N.C5H10O.C5H10.C4H10N2.C4H9NO.C4H9N.C4H8.11C4H10.C3H6/c1-7(2)10-11-8-5-3-4-6-9(8)12-10;1-2-4-7-6(3-1)5-9-8-7;1-2-4-7-6(3-1)5-8-9-7;3*1-2-4-6-5-3-1;1-2-4-5-3-1;1-2-6-4-3-5-1;1-3-6-4-2-5-1;1-2-4-5-3-1;1-2-4-3-1;11*1-4(2)3;1-2-3-1/h3-7H,1-2H3;2*1-5H;1-6H2;6H,1-5H2;1-5H2;1-5H2;5-6H,1-4H2;5H,1-4H2;5H,1-4H2;1-4H2;11*4H,1-3H3;1-3H2. The molecule has 5 N–H and O–H groups in total. The molecule has 13 heteroatoms. The first kappa shape index (κ1) is 134. The Labute approximate surface area is 771 Å². The van der Waals surface area contributed by atoms with E-state index in [1.165, 1.54) is 241 Å². The second kappa shape index (κ2) is 108. The van der Waals surface area contributed by atoms with E-state index in [2.05, 4.69) is 324 Å². The van der Waals surface area contributed by atoms with E-state index in [9.17, 15) is 0 Å². The second-order valence-corrected chi connectivity index (χ2v) is 42.7. The van der Waals surface area contributed by atoms with E-state index in [1.807, 2.05) is 42.6 Å². The topological polar surface area (TPSA) is 117 Å². The Hall–Kier alpha value is -2.95. The van der Waals surface area contributed by atoms with Crippen molar-refractivity contribution >= 4 is 65.6 Å². The summed E-state index contributed by atoms with van der Waals surface area (Å²) in [6.07, 6.45) is 39.8. The number of piperidine rings is 1. The maximum atomic E-state index is 5.07. The van der Waals surface area contributed by atoms with Crippen LogP contribution in [-0.2, 0) is 9.47 Å². The predicted molar refractivity (Wildman–Crippen MR) is 565 cm³/mol. The summed E-state index contributed by atoms with van der Waals surface area (Å²) >= 11 is 4.83. The Kier molecular flexibility index (Phi) is 119. The minimum absolute atomic E-state index is 0.544. The summed E-state index contributed by atoms with van der Waals surface area (Å²) in [6.45, 7) is 91.2. The molecule has 5 aliphatic heterocycles. The van der Waals surface area contributed by atoms with Crippen molar-refractivity contribution < 1.29 is 9.47 Å². The lowest BCUT2D eigenvalue weighted by atomic mass is 10.0. The molecule has 5 saturated heterocycles. The van der Waals surface area contributed by atoms with Crippen LogP contribution in [0.1, 0.15) is 420 Å². The molecule has 718 valence electrons. The third-order valence-electron chi connectivity index (χ3n) is 13.5. The van der Waals surface area contributed by atoms with Gasteiger partial charge in [-0.15, -0.1) is 11.3 Å². The maximum Gasteiger partial charge on any atom is 0.0963 e. The van der Waals surface area contributed by atoms with Crippen molar-refractivity contribution in [2.24, 2.45) is 65.1 Å². The minimum Gasteiger partial charge on any atom is -0.381 e. The van der Waals surface area contributed by atoms with Gasteiger partial charge in [0.05, 0.1) is 38.7 Å². The van der Waals surface area contributed by atoms with E-state index in [0.717, 1.165) is 142 Å². The van der Waals surface area contributed by atoms with Crippen molar-refractivity contribution in [3.05, 3.63) is 89.4 Å². The Morgan fingerprint density at radius 1 is 0.256 bits per heavy atom. The fraction of sp³-hybridized carbons (Fsp3) is 0.806. The van der Waals surface area contributed by atoms with Crippen molar-refractivity contribution in [3.63, 3.8) is 0 Å². The zero-order chi connectivity index (χ0) is 93.3. The van der Waals surface area contributed by atoms with Crippen LogP contribution in [0.5, 0.6) is 0 Å². The zero-order valence-electron chi connectivity index (χ0n) is 87.7. The average Bonchev–Trinajstić information content (AvgIpc) is 1.69. The fourth-order valence-corrected chi connectivity index (χ4v) is 10.4. The summed E-state index contributed by atoms with van der Waals surface area (Å²) in [5.74, 6) is 9.71. The Morgan fingerprint density at radius 3 is 0.727 bits per heavy atom. The molecular weight excluding hydrogens is 1540 g/mol. The Bertz CT molecular complexity index is 2250. The van der Waals surface area contributed by atoms with Crippen LogP contribution < -0.4 is 26.6 Å². The van der Waals surface area contributed by atoms with Crippen LogP contribution in [0.25, 0.3) is 31.2 Å². The van der Waals surface area contributed by atoms with Gasteiger partial charge in [-0.1, -0.05) is 413 Å². The van der Waals surface area contributed by atoms with Crippen LogP contribution in [0.15, 0.2) is 84.4 Å². The molecule has 121 heavy (non-hydrogen) atoms. The molecular formula is C108H216N8O2S3. The zero-order valence-corrected chi connectivity index (χ0v) is 90.1.